The molecule has 2 atom stereocenters. The lowest BCUT2D eigenvalue weighted by Gasteiger charge is -2.41. The van der Waals surface area contributed by atoms with Crippen LogP contribution < -0.4 is 5.32 Å². The molecule has 0 spiro atoms. The zero-order valence-electron chi connectivity index (χ0n) is 17.8. The number of alkyl halides is 7. The van der Waals surface area contributed by atoms with Crippen molar-refractivity contribution in [2.24, 2.45) is 0 Å². The molecule has 1 aliphatic carbocycles. The van der Waals surface area contributed by atoms with E-state index in [2.05, 4.69) is 11.9 Å². The third-order valence-electron chi connectivity index (χ3n) is 6.31. The Hall–Kier alpha value is -2.21. The van der Waals surface area contributed by atoms with Gasteiger partial charge in [0.15, 0.2) is 9.84 Å². The van der Waals surface area contributed by atoms with E-state index >= 15 is 0 Å². The molecule has 0 bridgehead atoms. The van der Waals surface area contributed by atoms with Crippen LogP contribution in [0.2, 0.25) is 0 Å². The van der Waals surface area contributed by atoms with Crippen molar-refractivity contribution in [1.82, 2.24) is 5.32 Å². The molecule has 1 saturated heterocycles. The maximum atomic E-state index is 14.6. The van der Waals surface area contributed by atoms with Gasteiger partial charge in [-0.1, -0.05) is 30.9 Å². The predicted molar refractivity (Wildman–Crippen MR) is 110 cm³/mol. The molecule has 0 radical (unpaired) electrons. The Morgan fingerprint density at radius 3 is 2.29 bits per heavy atom. The summed E-state index contributed by atoms with van der Waals surface area (Å²) in [4.78, 5) is -0.446. The van der Waals surface area contributed by atoms with E-state index < -0.39 is 54.9 Å². The van der Waals surface area contributed by atoms with Crippen molar-refractivity contribution in [2.45, 2.75) is 55.0 Å². The summed E-state index contributed by atoms with van der Waals surface area (Å²) in [5, 5.41) is 3.01. The molecule has 1 aliphatic heterocycles. The van der Waals surface area contributed by atoms with Crippen LogP contribution in [0.15, 0.2) is 53.7 Å². The molecule has 188 valence electrons. The van der Waals surface area contributed by atoms with E-state index in [1.54, 1.807) is 0 Å². The summed E-state index contributed by atoms with van der Waals surface area (Å²) in [7, 11) is -4.43. The van der Waals surface area contributed by atoms with Crippen molar-refractivity contribution >= 4 is 9.84 Å². The number of rotatable bonds is 5. The van der Waals surface area contributed by atoms with Gasteiger partial charge in [-0.25, -0.2) is 17.2 Å². The number of halogens is 8. The highest BCUT2D eigenvalue weighted by molar-refractivity contribution is 7.96. The number of hydrogen-bond acceptors (Lipinski definition) is 3. The molecular formula is C22H21F8NO2S. The van der Waals surface area contributed by atoms with Gasteiger partial charge in [0.1, 0.15) is 4.75 Å². The maximum Gasteiger partial charge on any atom is 0.435 e. The summed E-state index contributed by atoms with van der Waals surface area (Å²) >= 11 is 0. The number of nitrogens with one attached hydrogen (secondary N) is 1. The van der Waals surface area contributed by atoms with Crippen molar-refractivity contribution in [3.8, 4) is 0 Å². The van der Waals surface area contributed by atoms with E-state index in [4.69, 9.17) is 0 Å². The molecule has 0 amide bonds. The normalized spacial score (nSPS) is 24.6. The molecule has 12 heteroatoms. The van der Waals surface area contributed by atoms with Gasteiger partial charge >= 0.3 is 18.0 Å². The standard InChI is InChI=1S/C22H21F8NO2S/c1-3-4-16(11-13(2)23)34(32,33)19-9-10-31-18(19)8-5-14-12-15(6-7-17(14)19)20(24,21(25,26)27)22(28,29)30/h3-4,6-7,11-12,18,31H,1,5,8-10H2,2H3/b13-11+,16-4+. The quantitative estimate of drug-likeness (QED) is 0.396. The lowest BCUT2D eigenvalue weighted by Crippen LogP contribution is -2.51. The Labute approximate surface area is 191 Å². The highest BCUT2D eigenvalue weighted by Crippen LogP contribution is 2.55. The van der Waals surface area contributed by atoms with Crippen molar-refractivity contribution in [2.75, 3.05) is 6.54 Å². The number of fused-ring (bicyclic) bond motifs is 3. The van der Waals surface area contributed by atoms with E-state index in [-0.39, 0.29) is 36.9 Å². The first-order chi connectivity index (χ1) is 15.5. The van der Waals surface area contributed by atoms with Gasteiger partial charge < -0.3 is 5.32 Å². The topological polar surface area (TPSA) is 46.2 Å². The molecule has 3 nitrogen and oxygen atoms in total. The molecular weight excluding hydrogens is 494 g/mol. The highest BCUT2D eigenvalue weighted by atomic mass is 32.2. The van der Waals surface area contributed by atoms with Crippen LogP contribution in [0, 0.1) is 0 Å². The Bertz CT molecular complexity index is 1130. The van der Waals surface area contributed by atoms with Crippen LogP contribution in [0.3, 0.4) is 0 Å². The first-order valence-electron chi connectivity index (χ1n) is 10.1. The molecule has 1 aromatic rings. The van der Waals surface area contributed by atoms with E-state index in [1.807, 2.05) is 0 Å². The van der Waals surface area contributed by atoms with E-state index in [0.717, 1.165) is 31.2 Å². The summed E-state index contributed by atoms with van der Waals surface area (Å²) in [6, 6.07) is 0.836. The van der Waals surface area contributed by atoms with Gasteiger partial charge in [-0.15, -0.1) is 0 Å². The number of hydrogen-bond donors (Lipinski definition) is 1. The van der Waals surface area contributed by atoms with Crippen LogP contribution >= 0.6 is 0 Å². The Balaban J connectivity index is 2.28. The molecule has 1 fully saturated rings. The fourth-order valence-corrected chi connectivity index (χ4v) is 7.30. The van der Waals surface area contributed by atoms with Crippen LogP contribution in [0.25, 0.3) is 0 Å². The third kappa shape index (κ3) is 3.78. The summed E-state index contributed by atoms with van der Waals surface area (Å²) in [6.07, 6.45) is -9.74. The van der Waals surface area contributed by atoms with Gasteiger partial charge in [-0.05, 0) is 56.0 Å². The second-order valence-corrected chi connectivity index (χ2v) is 10.5. The van der Waals surface area contributed by atoms with Crippen LogP contribution in [0.5, 0.6) is 0 Å². The number of aryl methyl sites for hydroxylation is 1. The van der Waals surface area contributed by atoms with Crippen molar-refractivity contribution < 1.29 is 43.5 Å². The van der Waals surface area contributed by atoms with E-state index in [0.29, 0.717) is 12.1 Å². The zero-order valence-corrected chi connectivity index (χ0v) is 18.6. The first-order valence-corrected chi connectivity index (χ1v) is 11.6. The van der Waals surface area contributed by atoms with Crippen LogP contribution in [-0.2, 0) is 26.7 Å². The average molecular weight is 515 g/mol. The SMILES string of the molecule is C=C/C=C(\C=C(/C)F)S(=O)(=O)C12CCNC1CCc1cc(C(F)(C(F)(F)F)C(F)(F)F)ccc12. The Morgan fingerprint density at radius 1 is 1.15 bits per heavy atom. The second kappa shape index (κ2) is 8.47. The summed E-state index contributed by atoms with van der Waals surface area (Å²) in [5.41, 5.74) is -7.49. The molecule has 1 aromatic carbocycles. The van der Waals surface area contributed by atoms with E-state index in [1.165, 1.54) is 0 Å². The molecule has 3 rings (SSSR count). The smallest absolute Gasteiger partial charge is 0.312 e. The van der Waals surface area contributed by atoms with Gasteiger partial charge in [0.05, 0.1) is 10.7 Å². The number of benzene rings is 1. The lowest BCUT2D eigenvalue weighted by atomic mass is 9.77. The molecule has 0 aromatic heterocycles. The molecule has 1 N–H and O–H groups in total. The fraction of sp³-hybridized carbons (Fsp3) is 0.455. The molecule has 2 aliphatic rings. The van der Waals surface area contributed by atoms with Gasteiger partial charge in [0, 0.05) is 11.6 Å². The van der Waals surface area contributed by atoms with Gasteiger partial charge in [0.25, 0.3) is 0 Å². The van der Waals surface area contributed by atoms with E-state index in [9.17, 15) is 43.5 Å². The summed E-state index contributed by atoms with van der Waals surface area (Å²) in [6.45, 7) is 4.62. The Morgan fingerprint density at radius 2 is 1.76 bits per heavy atom. The molecule has 1 heterocycles. The van der Waals surface area contributed by atoms with Crippen LogP contribution in [0.1, 0.15) is 36.5 Å². The second-order valence-electron chi connectivity index (χ2n) is 8.25. The van der Waals surface area contributed by atoms with Crippen molar-refractivity contribution in [1.29, 1.82) is 0 Å². The van der Waals surface area contributed by atoms with Crippen molar-refractivity contribution in [3.63, 3.8) is 0 Å². The summed E-state index contributed by atoms with van der Waals surface area (Å²) in [5.74, 6) is -0.834. The third-order valence-corrected chi connectivity index (χ3v) is 8.85. The van der Waals surface area contributed by atoms with Gasteiger partial charge in [-0.2, -0.15) is 26.3 Å². The molecule has 34 heavy (non-hydrogen) atoms. The fourth-order valence-electron chi connectivity index (χ4n) is 4.85. The van der Waals surface area contributed by atoms with Crippen molar-refractivity contribution in [3.05, 3.63) is 70.4 Å². The monoisotopic (exact) mass is 515 g/mol. The van der Waals surface area contributed by atoms with Gasteiger partial charge in [0.2, 0.25) is 0 Å². The molecule has 0 saturated carbocycles. The minimum atomic E-state index is -6.29. The minimum Gasteiger partial charge on any atom is -0.312 e. The van der Waals surface area contributed by atoms with Gasteiger partial charge in [-0.3, -0.25) is 0 Å². The predicted octanol–water partition coefficient (Wildman–Crippen LogP) is 5.84. The highest BCUT2D eigenvalue weighted by Gasteiger charge is 2.73. The Kier molecular flexibility index (Phi) is 6.58. The molecule has 2 unspecified atom stereocenters. The number of allylic oxidation sites excluding steroid dienone is 4. The van der Waals surface area contributed by atoms with Crippen LogP contribution in [0.4, 0.5) is 35.1 Å². The minimum absolute atomic E-state index is 0.0379. The summed E-state index contributed by atoms with van der Waals surface area (Å²) < 4.78 is 134. The largest absolute Gasteiger partial charge is 0.435 e. The van der Waals surface area contributed by atoms with Crippen LogP contribution in [-0.4, -0.2) is 33.4 Å². The lowest BCUT2D eigenvalue weighted by molar-refractivity contribution is -0.348. The average Bonchev–Trinajstić information content (AvgIpc) is 3.16. The zero-order chi connectivity index (χ0) is 25.7. The maximum absolute atomic E-state index is 14.6. The number of sulfone groups is 1. The first kappa shape index (κ1) is 26.4.